The largest absolute Gasteiger partial charge is 0.386 e. The lowest BCUT2D eigenvalue weighted by atomic mass is 10.2. The zero-order valence-electron chi connectivity index (χ0n) is 8.24. The van der Waals surface area contributed by atoms with Crippen LogP contribution in [-0.2, 0) is 0 Å². The van der Waals surface area contributed by atoms with E-state index in [1.54, 1.807) is 31.4 Å². The molecule has 0 spiro atoms. The Morgan fingerprint density at radius 1 is 1.40 bits per heavy atom. The Hall–Kier alpha value is -2.04. The van der Waals surface area contributed by atoms with E-state index in [2.05, 4.69) is 10.4 Å². The van der Waals surface area contributed by atoms with Gasteiger partial charge in [-0.1, -0.05) is 0 Å². The molecule has 0 saturated carbocycles. The first-order chi connectivity index (χ1) is 7.20. The van der Waals surface area contributed by atoms with E-state index in [0.717, 1.165) is 0 Å². The molecule has 15 heavy (non-hydrogen) atoms. The maximum Gasteiger partial charge on any atom is 0.148 e. The standard InChI is InChI=1S/C10H11FN4/c1-13-9-3-2-7(6-8(9)11)15-5-4-10(12)14-15/h2-6,13H,1H3,(H2,12,14). The van der Waals surface area contributed by atoms with E-state index < -0.39 is 0 Å². The fourth-order valence-electron chi connectivity index (χ4n) is 1.33. The predicted molar refractivity (Wildman–Crippen MR) is 57.5 cm³/mol. The Labute approximate surface area is 86.5 Å². The first kappa shape index (κ1) is 9.51. The molecule has 0 atom stereocenters. The number of benzene rings is 1. The monoisotopic (exact) mass is 206 g/mol. The Kier molecular flexibility index (Phi) is 2.29. The summed E-state index contributed by atoms with van der Waals surface area (Å²) in [7, 11) is 1.67. The molecule has 0 radical (unpaired) electrons. The smallest absolute Gasteiger partial charge is 0.148 e. The van der Waals surface area contributed by atoms with Crippen LogP contribution in [0, 0.1) is 5.82 Å². The summed E-state index contributed by atoms with van der Waals surface area (Å²) in [5.74, 6) is 0.0946. The number of rotatable bonds is 2. The molecular weight excluding hydrogens is 195 g/mol. The number of aromatic nitrogens is 2. The number of nitrogen functional groups attached to an aromatic ring is 1. The molecule has 4 nitrogen and oxygen atoms in total. The molecular formula is C10H11FN4. The van der Waals surface area contributed by atoms with Crippen molar-refractivity contribution in [3.05, 3.63) is 36.3 Å². The van der Waals surface area contributed by atoms with E-state index >= 15 is 0 Å². The van der Waals surface area contributed by atoms with Gasteiger partial charge in [0.2, 0.25) is 0 Å². The Bertz CT molecular complexity index is 478. The highest BCUT2D eigenvalue weighted by Gasteiger charge is 2.03. The third-order valence-corrected chi connectivity index (χ3v) is 2.10. The van der Waals surface area contributed by atoms with Crippen LogP contribution in [0.15, 0.2) is 30.5 Å². The summed E-state index contributed by atoms with van der Waals surface area (Å²) in [4.78, 5) is 0. The van der Waals surface area contributed by atoms with Gasteiger partial charge in [0.15, 0.2) is 0 Å². The van der Waals surface area contributed by atoms with Gasteiger partial charge >= 0.3 is 0 Å². The van der Waals surface area contributed by atoms with Crippen molar-refractivity contribution < 1.29 is 4.39 Å². The summed E-state index contributed by atoms with van der Waals surface area (Å²) in [5, 5.41) is 6.73. The van der Waals surface area contributed by atoms with Crippen LogP contribution in [0.3, 0.4) is 0 Å². The van der Waals surface area contributed by atoms with Crippen LogP contribution in [0.4, 0.5) is 15.9 Å². The van der Waals surface area contributed by atoms with Crippen LogP contribution in [0.25, 0.3) is 5.69 Å². The van der Waals surface area contributed by atoms with E-state index in [4.69, 9.17) is 5.73 Å². The topological polar surface area (TPSA) is 55.9 Å². The van der Waals surface area contributed by atoms with Crippen LogP contribution < -0.4 is 11.1 Å². The second-order valence-corrected chi connectivity index (χ2v) is 3.10. The van der Waals surface area contributed by atoms with Crippen molar-refractivity contribution in [2.24, 2.45) is 0 Å². The number of nitrogens with one attached hydrogen (secondary N) is 1. The van der Waals surface area contributed by atoms with Gasteiger partial charge in [-0.2, -0.15) is 5.10 Å². The summed E-state index contributed by atoms with van der Waals surface area (Å²) < 4.78 is 14.9. The molecule has 1 aromatic carbocycles. The van der Waals surface area contributed by atoms with Gasteiger partial charge in [0.05, 0.1) is 11.4 Å². The fraction of sp³-hybridized carbons (Fsp3) is 0.100. The van der Waals surface area contributed by atoms with E-state index in [9.17, 15) is 4.39 Å². The van der Waals surface area contributed by atoms with E-state index in [1.807, 2.05) is 0 Å². The first-order valence-electron chi connectivity index (χ1n) is 4.49. The van der Waals surface area contributed by atoms with Crippen LogP contribution >= 0.6 is 0 Å². The third kappa shape index (κ3) is 1.76. The third-order valence-electron chi connectivity index (χ3n) is 2.10. The normalized spacial score (nSPS) is 10.3. The minimum absolute atomic E-state index is 0.316. The summed E-state index contributed by atoms with van der Waals surface area (Å²) in [5.41, 5.74) is 6.57. The zero-order chi connectivity index (χ0) is 10.8. The average molecular weight is 206 g/mol. The minimum atomic E-state index is -0.316. The first-order valence-corrected chi connectivity index (χ1v) is 4.49. The molecule has 3 N–H and O–H groups in total. The Morgan fingerprint density at radius 3 is 2.73 bits per heavy atom. The minimum Gasteiger partial charge on any atom is -0.386 e. The molecule has 5 heteroatoms. The van der Waals surface area contributed by atoms with E-state index in [1.165, 1.54) is 10.7 Å². The molecule has 0 unspecified atom stereocenters. The second kappa shape index (κ2) is 3.61. The summed E-state index contributed by atoms with van der Waals surface area (Å²) in [6, 6.07) is 6.48. The highest BCUT2D eigenvalue weighted by molar-refractivity contribution is 5.49. The molecule has 0 amide bonds. The van der Waals surface area contributed by atoms with Gasteiger partial charge in [-0.3, -0.25) is 0 Å². The number of anilines is 2. The van der Waals surface area contributed by atoms with Gasteiger partial charge in [0, 0.05) is 25.4 Å². The van der Waals surface area contributed by atoms with Gasteiger partial charge in [-0.25, -0.2) is 9.07 Å². The molecule has 0 aliphatic rings. The highest BCUT2D eigenvalue weighted by Crippen LogP contribution is 2.17. The van der Waals surface area contributed by atoms with Crippen LogP contribution in [-0.4, -0.2) is 16.8 Å². The average Bonchev–Trinajstić information content (AvgIpc) is 2.65. The van der Waals surface area contributed by atoms with Gasteiger partial charge in [0.1, 0.15) is 11.6 Å². The molecule has 0 aliphatic carbocycles. The van der Waals surface area contributed by atoms with Crippen molar-refractivity contribution >= 4 is 11.5 Å². The van der Waals surface area contributed by atoms with Crippen molar-refractivity contribution in [2.75, 3.05) is 18.1 Å². The van der Waals surface area contributed by atoms with Gasteiger partial charge in [0.25, 0.3) is 0 Å². The van der Waals surface area contributed by atoms with E-state index in [0.29, 0.717) is 17.2 Å². The van der Waals surface area contributed by atoms with Gasteiger partial charge in [-0.15, -0.1) is 0 Å². The molecule has 1 heterocycles. The summed E-state index contributed by atoms with van der Waals surface area (Å²) >= 11 is 0. The molecule has 0 saturated heterocycles. The fourth-order valence-corrected chi connectivity index (χ4v) is 1.33. The molecule has 0 bridgehead atoms. The Balaban J connectivity index is 2.42. The maximum absolute atomic E-state index is 13.4. The zero-order valence-corrected chi connectivity index (χ0v) is 8.24. The predicted octanol–water partition coefficient (Wildman–Crippen LogP) is 1.64. The molecule has 78 valence electrons. The summed E-state index contributed by atoms with van der Waals surface area (Å²) in [6.45, 7) is 0. The van der Waals surface area contributed by atoms with Gasteiger partial charge in [-0.05, 0) is 12.1 Å². The molecule has 1 aromatic heterocycles. The molecule has 2 rings (SSSR count). The lowest BCUT2D eigenvalue weighted by molar-refractivity contribution is 0.629. The van der Waals surface area contributed by atoms with Crippen LogP contribution in [0.2, 0.25) is 0 Å². The SMILES string of the molecule is CNc1ccc(-n2ccc(N)n2)cc1F. The van der Waals surface area contributed by atoms with Crippen molar-refractivity contribution in [2.45, 2.75) is 0 Å². The number of nitrogens with zero attached hydrogens (tertiary/aromatic N) is 2. The van der Waals surface area contributed by atoms with Crippen LogP contribution in [0.5, 0.6) is 0 Å². The van der Waals surface area contributed by atoms with E-state index in [-0.39, 0.29) is 5.82 Å². The number of hydrogen-bond acceptors (Lipinski definition) is 3. The van der Waals surface area contributed by atoms with Crippen molar-refractivity contribution in [3.8, 4) is 5.69 Å². The quantitative estimate of drug-likeness (QED) is 0.785. The van der Waals surface area contributed by atoms with Crippen LogP contribution in [0.1, 0.15) is 0 Å². The maximum atomic E-state index is 13.4. The highest BCUT2D eigenvalue weighted by atomic mass is 19.1. The Morgan fingerprint density at radius 2 is 2.20 bits per heavy atom. The molecule has 0 aliphatic heterocycles. The lowest BCUT2D eigenvalue weighted by Crippen LogP contribution is -1.99. The van der Waals surface area contributed by atoms with Crippen molar-refractivity contribution in [1.82, 2.24) is 9.78 Å². The van der Waals surface area contributed by atoms with Crippen molar-refractivity contribution in [3.63, 3.8) is 0 Å². The van der Waals surface area contributed by atoms with Crippen molar-refractivity contribution in [1.29, 1.82) is 0 Å². The van der Waals surface area contributed by atoms with Gasteiger partial charge < -0.3 is 11.1 Å². The lowest BCUT2D eigenvalue weighted by Gasteiger charge is -2.05. The second-order valence-electron chi connectivity index (χ2n) is 3.10. The number of halogens is 1. The molecule has 2 aromatic rings. The number of nitrogens with two attached hydrogens (primary N) is 1. The molecule has 0 fully saturated rings. The summed E-state index contributed by atoms with van der Waals surface area (Å²) in [6.07, 6.45) is 1.68. The number of hydrogen-bond donors (Lipinski definition) is 2.